The van der Waals surface area contributed by atoms with Crippen LogP contribution in [0, 0.1) is 0 Å². The molecule has 0 saturated heterocycles. The van der Waals surface area contributed by atoms with E-state index in [0.29, 0.717) is 23.7 Å². The Morgan fingerprint density at radius 3 is 2.82 bits per heavy atom. The molecule has 0 aliphatic heterocycles. The summed E-state index contributed by atoms with van der Waals surface area (Å²) in [4.78, 5) is 27.2. The van der Waals surface area contributed by atoms with Gasteiger partial charge in [-0.2, -0.15) is 5.10 Å². The molecule has 2 aromatic heterocycles. The fraction of sp³-hybridized carbons (Fsp3) is 0.333. The van der Waals surface area contributed by atoms with Gasteiger partial charge in [0.25, 0.3) is 5.91 Å². The fourth-order valence-electron chi connectivity index (χ4n) is 2.26. The van der Waals surface area contributed by atoms with E-state index in [9.17, 15) is 9.59 Å². The molecule has 114 valence electrons. The highest BCUT2D eigenvalue weighted by atomic mass is 16.4. The van der Waals surface area contributed by atoms with Gasteiger partial charge in [0.05, 0.1) is 28.7 Å². The van der Waals surface area contributed by atoms with E-state index in [1.807, 2.05) is 6.92 Å². The van der Waals surface area contributed by atoms with Crippen molar-refractivity contribution in [2.45, 2.75) is 32.2 Å². The second kappa shape index (κ2) is 5.59. The lowest BCUT2D eigenvalue weighted by atomic mass is 10.1. The molecule has 0 spiro atoms. The molecule has 22 heavy (non-hydrogen) atoms. The topological polar surface area (TPSA) is 97.1 Å². The average molecular weight is 300 g/mol. The molecule has 1 aliphatic rings. The number of carboxylic acids is 1. The van der Waals surface area contributed by atoms with E-state index in [-0.39, 0.29) is 11.5 Å². The number of aromatic nitrogens is 3. The van der Waals surface area contributed by atoms with Gasteiger partial charge >= 0.3 is 5.97 Å². The van der Waals surface area contributed by atoms with Gasteiger partial charge in [-0.1, -0.05) is 0 Å². The number of aromatic carboxylic acids is 1. The highest BCUT2D eigenvalue weighted by Crippen LogP contribution is 2.40. The van der Waals surface area contributed by atoms with Gasteiger partial charge in [0.1, 0.15) is 0 Å². The number of nitrogens with one attached hydrogen (secondary N) is 1. The molecule has 0 unspecified atom stereocenters. The highest BCUT2D eigenvalue weighted by molar-refractivity contribution is 6.05. The van der Waals surface area contributed by atoms with E-state index in [1.54, 1.807) is 10.9 Å². The Morgan fingerprint density at radius 2 is 2.18 bits per heavy atom. The number of aryl methyl sites for hydroxylation is 1. The first-order valence-electron chi connectivity index (χ1n) is 7.15. The van der Waals surface area contributed by atoms with Crippen LogP contribution in [0.1, 0.15) is 52.1 Å². The van der Waals surface area contributed by atoms with Crippen LogP contribution in [-0.2, 0) is 6.54 Å². The van der Waals surface area contributed by atoms with Gasteiger partial charge in [-0.15, -0.1) is 0 Å². The lowest BCUT2D eigenvalue weighted by molar-refractivity contribution is 0.0696. The number of carbonyl (C=O) groups excluding carboxylic acids is 1. The van der Waals surface area contributed by atoms with Crippen LogP contribution < -0.4 is 5.32 Å². The molecule has 7 heteroatoms. The van der Waals surface area contributed by atoms with Crippen molar-refractivity contribution in [3.8, 4) is 0 Å². The van der Waals surface area contributed by atoms with Gasteiger partial charge < -0.3 is 10.4 Å². The normalized spacial score (nSPS) is 13.9. The predicted molar refractivity (Wildman–Crippen MR) is 79.0 cm³/mol. The maximum absolute atomic E-state index is 12.4. The number of carboxylic acid groups (broad SMARTS) is 1. The van der Waals surface area contributed by atoms with Crippen molar-refractivity contribution < 1.29 is 14.7 Å². The molecule has 7 nitrogen and oxygen atoms in total. The number of amides is 1. The molecular formula is C15H16N4O3. The SMILES string of the molecule is CCn1cc(C(=O)Nc2cncc(C(=O)O)c2)c(C2CC2)n1. The minimum Gasteiger partial charge on any atom is -0.478 e. The lowest BCUT2D eigenvalue weighted by Gasteiger charge is -2.05. The van der Waals surface area contributed by atoms with Crippen molar-refractivity contribution in [1.29, 1.82) is 0 Å². The van der Waals surface area contributed by atoms with Crippen LogP contribution in [0.4, 0.5) is 5.69 Å². The van der Waals surface area contributed by atoms with E-state index in [1.165, 1.54) is 18.5 Å². The summed E-state index contributed by atoms with van der Waals surface area (Å²) in [6.45, 7) is 2.66. The number of anilines is 1. The predicted octanol–water partition coefficient (Wildman–Crippen LogP) is 2.13. The van der Waals surface area contributed by atoms with Crippen molar-refractivity contribution >= 4 is 17.6 Å². The van der Waals surface area contributed by atoms with Crippen molar-refractivity contribution in [1.82, 2.24) is 14.8 Å². The Kier molecular flexibility index (Phi) is 3.62. The molecule has 2 N–H and O–H groups in total. The quantitative estimate of drug-likeness (QED) is 0.881. The fourth-order valence-corrected chi connectivity index (χ4v) is 2.26. The zero-order valence-electron chi connectivity index (χ0n) is 12.1. The second-order valence-corrected chi connectivity index (χ2v) is 5.28. The molecule has 0 radical (unpaired) electrons. The first-order valence-corrected chi connectivity index (χ1v) is 7.15. The Balaban J connectivity index is 1.84. The minimum absolute atomic E-state index is 0.0319. The van der Waals surface area contributed by atoms with Gasteiger partial charge in [-0.25, -0.2) is 4.79 Å². The first kappa shape index (κ1) is 14.2. The zero-order chi connectivity index (χ0) is 15.7. The monoisotopic (exact) mass is 300 g/mol. The van der Waals surface area contributed by atoms with Gasteiger partial charge in [0, 0.05) is 24.9 Å². The number of pyridine rings is 1. The smallest absolute Gasteiger partial charge is 0.337 e. The van der Waals surface area contributed by atoms with Gasteiger partial charge in [-0.05, 0) is 25.8 Å². The van der Waals surface area contributed by atoms with Crippen LogP contribution in [0.3, 0.4) is 0 Å². The maximum Gasteiger partial charge on any atom is 0.337 e. The van der Waals surface area contributed by atoms with E-state index in [0.717, 1.165) is 18.5 Å². The number of hydrogen-bond donors (Lipinski definition) is 2. The molecule has 0 atom stereocenters. The Bertz CT molecular complexity index is 734. The Morgan fingerprint density at radius 1 is 1.41 bits per heavy atom. The Hall–Kier alpha value is -2.70. The largest absolute Gasteiger partial charge is 0.478 e. The summed E-state index contributed by atoms with van der Waals surface area (Å²) in [5.74, 6) is -1.01. The summed E-state index contributed by atoms with van der Waals surface area (Å²) in [6, 6.07) is 1.38. The third kappa shape index (κ3) is 2.83. The van der Waals surface area contributed by atoms with E-state index in [2.05, 4.69) is 15.4 Å². The number of carbonyl (C=O) groups is 2. The molecule has 1 saturated carbocycles. The number of rotatable bonds is 5. The van der Waals surface area contributed by atoms with Crippen LogP contribution in [0.5, 0.6) is 0 Å². The summed E-state index contributed by atoms with van der Waals surface area (Å²) in [5, 5.41) is 16.1. The second-order valence-electron chi connectivity index (χ2n) is 5.28. The van der Waals surface area contributed by atoms with Crippen LogP contribution in [0.2, 0.25) is 0 Å². The van der Waals surface area contributed by atoms with Crippen LogP contribution in [0.25, 0.3) is 0 Å². The molecule has 1 amide bonds. The number of hydrogen-bond acceptors (Lipinski definition) is 4. The van der Waals surface area contributed by atoms with E-state index in [4.69, 9.17) is 5.11 Å². The molecular weight excluding hydrogens is 284 g/mol. The van der Waals surface area contributed by atoms with Gasteiger partial charge in [-0.3, -0.25) is 14.5 Å². The average Bonchev–Trinajstić information content (AvgIpc) is 3.26. The lowest BCUT2D eigenvalue weighted by Crippen LogP contribution is -2.14. The van der Waals surface area contributed by atoms with E-state index >= 15 is 0 Å². The Labute approximate surface area is 127 Å². The van der Waals surface area contributed by atoms with Crippen LogP contribution >= 0.6 is 0 Å². The van der Waals surface area contributed by atoms with Crippen molar-refractivity contribution in [2.24, 2.45) is 0 Å². The standard InChI is InChI=1S/C15H16N4O3/c1-2-19-8-12(13(18-19)9-3-4-9)14(20)17-11-5-10(15(21)22)6-16-7-11/h5-9H,2-4H2,1H3,(H,17,20)(H,21,22). The van der Waals surface area contributed by atoms with Crippen molar-refractivity contribution in [2.75, 3.05) is 5.32 Å². The summed E-state index contributed by atoms with van der Waals surface area (Å²) < 4.78 is 1.74. The van der Waals surface area contributed by atoms with E-state index < -0.39 is 5.97 Å². The molecule has 3 rings (SSSR count). The molecule has 2 heterocycles. The molecule has 0 aromatic carbocycles. The summed E-state index contributed by atoms with van der Waals surface area (Å²) in [7, 11) is 0. The summed E-state index contributed by atoms with van der Waals surface area (Å²) >= 11 is 0. The van der Waals surface area contributed by atoms with Crippen LogP contribution in [-0.4, -0.2) is 31.7 Å². The molecule has 2 aromatic rings. The molecule has 1 fully saturated rings. The summed E-state index contributed by atoms with van der Waals surface area (Å²) in [5.41, 5.74) is 1.76. The minimum atomic E-state index is -1.08. The first-order chi connectivity index (χ1) is 10.6. The number of nitrogens with zero attached hydrogens (tertiary/aromatic N) is 3. The molecule has 0 bridgehead atoms. The van der Waals surface area contributed by atoms with Gasteiger partial charge in [0.15, 0.2) is 0 Å². The highest BCUT2D eigenvalue weighted by Gasteiger charge is 2.31. The van der Waals surface area contributed by atoms with Gasteiger partial charge in [0.2, 0.25) is 0 Å². The third-order valence-corrected chi connectivity index (χ3v) is 3.57. The summed E-state index contributed by atoms with van der Waals surface area (Å²) in [6.07, 6.45) is 6.50. The van der Waals surface area contributed by atoms with Crippen molar-refractivity contribution in [3.63, 3.8) is 0 Å². The van der Waals surface area contributed by atoms with Crippen LogP contribution in [0.15, 0.2) is 24.7 Å². The zero-order valence-corrected chi connectivity index (χ0v) is 12.1. The third-order valence-electron chi connectivity index (χ3n) is 3.57. The molecule has 1 aliphatic carbocycles. The van der Waals surface area contributed by atoms with Crippen molar-refractivity contribution in [3.05, 3.63) is 41.5 Å². The maximum atomic E-state index is 12.4.